The molecule has 3 aromatic rings. The molecule has 1 atom stereocenters. The summed E-state index contributed by atoms with van der Waals surface area (Å²) < 4.78 is 5.00. The predicted molar refractivity (Wildman–Crippen MR) is 139 cm³/mol. The summed E-state index contributed by atoms with van der Waals surface area (Å²) in [5, 5.41) is 22.7. The van der Waals surface area contributed by atoms with Gasteiger partial charge in [0.2, 0.25) is 5.95 Å². The molecule has 0 aliphatic carbocycles. The Bertz CT molecular complexity index is 1380. The third-order valence-electron chi connectivity index (χ3n) is 5.26. The highest BCUT2D eigenvalue weighted by atomic mass is 16.6. The van der Waals surface area contributed by atoms with E-state index in [9.17, 15) is 24.3 Å². The molecule has 2 aromatic heterocycles. The van der Waals surface area contributed by atoms with Crippen molar-refractivity contribution in [3.8, 4) is 0 Å². The van der Waals surface area contributed by atoms with Crippen LogP contribution in [-0.2, 0) is 20.9 Å². The van der Waals surface area contributed by atoms with Crippen molar-refractivity contribution in [3.63, 3.8) is 0 Å². The number of nitrogens with two attached hydrogens (primary N) is 1. The van der Waals surface area contributed by atoms with Gasteiger partial charge >= 0.3 is 18.0 Å². The number of hydrogen-bond acceptors (Lipinski definition) is 11. The lowest BCUT2D eigenvalue weighted by atomic mass is 10.1. The van der Waals surface area contributed by atoms with E-state index in [1.807, 2.05) is 4.90 Å². The Labute approximate surface area is 222 Å². The summed E-state index contributed by atoms with van der Waals surface area (Å²) in [4.78, 5) is 65.1. The van der Waals surface area contributed by atoms with Gasteiger partial charge in [0.25, 0.3) is 5.91 Å². The molecule has 2 amide bonds. The summed E-state index contributed by atoms with van der Waals surface area (Å²) in [6.45, 7) is 3.72. The van der Waals surface area contributed by atoms with Gasteiger partial charge in [-0.1, -0.05) is 0 Å². The summed E-state index contributed by atoms with van der Waals surface area (Å²) in [6, 6.07) is 5.06. The first-order chi connectivity index (χ1) is 18.4. The van der Waals surface area contributed by atoms with Crippen LogP contribution in [0.15, 0.2) is 30.5 Å². The van der Waals surface area contributed by atoms with Crippen LogP contribution in [0.5, 0.6) is 0 Å². The molecule has 6 N–H and O–H groups in total. The molecular weight excluding hydrogens is 512 g/mol. The van der Waals surface area contributed by atoms with Gasteiger partial charge in [-0.05, 0) is 44.5 Å². The highest BCUT2D eigenvalue weighted by Gasteiger charge is 2.22. The molecule has 15 nitrogen and oxygen atoms in total. The number of carbonyl (C=O) groups excluding carboxylic acids is 2. The summed E-state index contributed by atoms with van der Waals surface area (Å²) >= 11 is 0. The molecule has 3 rings (SSSR count). The Kier molecular flexibility index (Phi) is 9.09. The van der Waals surface area contributed by atoms with E-state index in [0.717, 1.165) is 5.69 Å². The molecule has 0 aliphatic heterocycles. The zero-order valence-electron chi connectivity index (χ0n) is 21.4. The molecular formula is C24H28N8O7. The Morgan fingerprint density at radius 2 is 1.77 bits per heavy atom. The molecule has 0 fully saturated rings. The topological polar surface area (TPSA) is 223 Å². The summed E-state index contributed by atoms with van der Waals surface area (Å²) in [7, 11) is 1.79. The van der Waals surface area contributed by atoms with E-state index in [4.69, 9.17) is 15.6 Å². The second kappa shape index (κ2) is 12.4. The quantitative estimate of drug-likeness (QED) is 0.233. The van der Waals surface area contributed by atoms with E-state index < -0.39 is 30.0 Å². The fourth-order valence-electron chi connectivity index (χ4n) is 3.40. The van der Waals surface area contributed by atoms with Gasteiger partial charge in [-0.3, -0.25) is 14.9 Å². The minimum Gasteiger partial charge on any atom is -0.481 e. The molecule has 0 radical (unpaired) electrons. The lowest BCUT2D eigenvalue weighted by molar-refractivity contribution is -0.140. The zero-order chi connectivity index (χ0) is 28.7. The van der Waals surface area contributed by atoms with Gasteiger partial charge in [0.15, 0.2) is 17.0 Å². The van der Waals surface area contributed by atoms with E-state index >= 15 is 0 Å². The van der Waals surface area contributed by atoms with Crippen LogP contribution in [0, 0.1) is 0 Å². The van der Waals surface area contributed by atoms with Crippen molar-refractivity contribution < 1.29 is 34.1 Å². The van der Waals surface area contributed by atoms with E-state index in [-0.39, 0.29) is 47.4 Å². The van der Waals surface area contributed by atoms with Crippen LogP contribution in [0.3, 0.4) is 0 Å². The molecule has 0 unspecified atom stereocenters. The first-order valence-electron chi connectivity index (χ1n) is 11.8. The van der Waals surface area contributed by atoms with Crippen LogP contribution in [-0.4, -0.2) is 73.3 Å². The molecule has 0 bridgehead atoms. The van der Waals surface area contributed by atoms with Crippen LogP contribution < -0.4 is 21.3 Å². The molecule has 0 spiro atoms. The fraction of sp³-hybridized carbons (Fsp3) is 0.333. The first kappa shape index (κ1) is 28.5. The second-order valence-electron chi connectivity index (χ2n) is 8.74. The Balaban J connectivity index is 1.67. The predicted octanol–water partition coefficient (Wildman–Crippen LogP) is 1.64. The van der Waals surface area contributed by atoms with Crippen LogP contribution in [0.4, 0.5) is 22.2 Å². The van der Waals surface area contributed by atoms with Crippen molar-refractivity contribution in [1.29, 1.82) is 0 Å². The van der Waals surface area contributed by atoms with Gasteiger partial charge in [0, 0.05) is 24.7 Å². The number of nitrogen functional groups attached to an aromatic ring is 1. The second-order valence-corrected chi connectivity index (χ2v) is 8.74. The number of nitrogens with one attached hydrogen (secondary N) is 2. The number of anilines is 3. The first-order valence-corrected chi connectivity index (χ1v) is 11.8. The van der Waals surface area contributed by atoms with Crippen molar-refractivity contribution in [1.82, 2.24) is 25.3 Å². The third-order valence-corrected chi connectivity index (χ3v) is 5.26. The van der Waals surface area contributed by atoms with Crippen LogP contribution in [0.25, 0.3) is 11.2 Å². The number of carboxylic acid groups (broad SMARTS) is 2. The van der Waals surface area contributed by atoms with E-state index in [1.165, 1.54) is 18.3 Å². The van der Waals surface area contributed by atoms with Gasteiger partial charge in [-0.25, -0.2) is 19.6 Å². The molecule has 15 heteroatoms. The largest absolute Gasteiger partial charge is 0.481 e. The maximum atomic E-state index is 12.5. The maximum absolute atomic E-state index is 12.5. The number of ether oxygens (including phenoxy) is 1. The van der Waals surface area contributed by atoms with Crippen molar-refractivity contribution in [3.05, 3.63) is 41.7 Å². The van der Waals surface area contributed by atoms with Gasteiger partial charge < -0.3 is 30.9 Å². The van der Waals surface area contributed by atoms with Crippen LogP contribution in [0.1, 0.15) is 42.7 Å². The average molecular weight is 541 g/mol. The summed E-state index contributed by atoms with van der Waals surface area (Å²) in [5.41, 5.74) is 7.94. The lowest BCUT2D eigenvalue weighted by Crippen LogP contribution is -2.41. The average Bonchev–Trinajstić information content (AvgIpc) is 2.86. The Morgan fingerprint density at radius 3 is 2.38 bits per heavy atom. The minimum atomic E-state index is -1.32. The van der Waals surface area contributed by atoms with Crippen molar-refractivity contribution in [2.75, 3.05) is 23.0 Å². The van der Waals surface area contributed by atoms with Gasteiger partial charge in [0.05, 0.1) is 24.5 Å². The lowest BCUT2D eigenvalue weighted by Gasteiger charge is -2.19. The number of aromatic nitrogens is 4. The highest BCUT2D eigenvalue weighted by Crippen LogP contribution is 2.19. The van der Waals surface area contributed by atoms with Crippen molar-refractivity contribution in [2.45, 2.75) is 45.4 Å². The molecule has 0 saturated carbocycles. The smallest absolute Gasteiger partial charge is 0.414 e. The molecule has 0 saturated heterocycles. The summed E-state index contributed by atoms with van der Waals surface area (Å²) in [5.74, 6) is -3.14. The molecule has 1 aromatic carbocycles. The minimum absolute atomic E-state index is 0.0234. The number of amides is 2. The van der Waals surface area contributed by atoms with Crippen LogP contribution >= 0.6 is 0 Å². The fourth-order valence-corrected chi connectivity index (χ4v) is 3.40. The highest BCUT2D eigenvalue weighted by molar-refractivity contribution is 5.97. The number of nitrogens with zero attached hydrogens (tertiary/aromatic N) is 5. The number of benzene rings is 1. The van der Waals surface area contributed by atoms with Gasteiger partial charge in [-0.2, -0.15) is 9.97 Å². The molecule has 2 heterocycles. The normalized spacial score (nSPS) is 11.6. The zero-order valence-corrected chi connectivity index (χ0v) is 21.4. The van der Waals surface area contributed by atoms with E-state index in [2.05, 4.69) is 30.6 Å². The van der Waals surface area contributed by atoms with E-state index in [1.54, 1.807) is 33.0 Å². The SMILES string of the molecule is CC(C)OC(=O)Nc1nc(N)c2nc(CN(C)c3ccc(C(=O)N[C@@H](CCC(=O)O)C(=O)O)cc3)cnc2n1. The van der Waals surface area contributed by atoms with Gasteiger partial charge in [0.1, 0.15) is 6.04 Å². The molecule has 39 heavy (non-hydrogen) atoms. The Morgan fingerprint density at radius 1 is 1.08 bits per heavy atom. The van der Waals surface area contributed by atoms with E-state index in [0.29, 0.717) is 12.2 Å². The maximum Gasteiger partial charge on any atom is 0.414 e. The van der Waals surface area contributed by atoms with Gasteiger partial charge in [-0.15, -0.1) is 0 Å². The number of rotatable bonds is 11. The monoisotopic (exact) mass is 540 g/mol. The number of aliphatic carboxylic acids is 2. The number of hydrogen-bond donors (Lipinski definition) is 5. The van der Waals surface area contributed by atoms with Crippen LogP contribution in [0.2, 0.25) is 0 Å². The third kappa shape index (κ3) is 7.95. The Hall–Kier alpha value is -5.08. The molecule has 0 aliphatic rings. The van der Waals surface area contributed by atoms with Crippen molar-refractivity contribution in [2.24, 2.45) is 0 Å². The number of carboxylic acids is 2. The number of carbonyl (C=O) groups is 4. The standard InChI is InChI=1S/C24H28N8O7/c1-12(2)39-24(38)31-23-29-19(25)18-20(30-23)26-10-14(27-18)11-32(3)15-6-4-13(5-7-15)21(35)28-16(22(36)37)8-9-17(33)34/h4-7,10,12,16H,8-9,11H2,1-3H3,(H,28,35)(H,33,34)(H,36,37)(H3,25,26,29,30,31,38)/t16-/m0/s1. The molecule has 206 valence electrons. The summed E-state index contributed by atoms with van der Waals surface area (Å²) in [6.07, 6.45) is -0.163. The van der Waals surface area contributed by atoms with Crippen molar-refractivity contribution >= 4 is 52.6 Å². The number of fused-ring (bicyclic) bond motifs is 1.